The number of piperidine rings is 1. The number of carbonyl (C=O) groups excluding carboxylic acids is 1. The number of aryl methyl sites for hydroxylation is 2. The van der Waals surface area contributed by atoms with Crippen molar-refractivity contribution < 1.29 is 9.69 Å². The Labute approximate surface area is 191 Å². The third kappa shape index (κ3) is 5.01. The summed E-state index contributed by atoms with van der Waals surface area (Å²) in [5.74, 6) is 1.51. The third-order valence-corrected chi connectivity index (χ3v) is 6.75. The Morgan fingerprint density at radius 2 is 1.88 bits per heavy atom. The van der Waals surface area contributed by atoms with Crippen molar-refractivity contribution in [1.82, 2.24) is 19.9 Å². The predicted molar refractivity (Wildman–Crippen MR) is 127 cm³/mol. The van der Waals surface area contributed by atoms with Crippen molar-refractivity contribution in [2.75, 3.05) is 26.2 Å². The second-order valence-corrected chi connectivity index (χ2v) is 9.68. The zero-order chi connectivity index (χ0) is 22.7. The normalized spacial score (nSPS) is 21.1. The Bertz CT molecular complexity index is 1060. The first-order valence-electron chi connectivity index (χ1n) is 11.9. The molecule has 170 valence electrons. The van der Waals surface area contributed by atoms with Gasteiger partial charge in [-0.2, -0.15) is 5.10 Å². The molecule has 0 radical (unpaired) electrons. The van der Waals surface area contributed by atoms with Crippen LogP contribution in [0, 0.1) is 25.7 Å². The van der Waals surface area contributed by atoms with Gasteiger partial charge in [0.2, 0.25) is 0 Å². The Hall–Kier alpha value is -2.73. The molecule has 3 heterocycles. The summed E-state index contributed by atoms with van der Waals surface area (Å²) in [6.07, 6.45) is 4.79. The van der Waals surface area contributed by atoms with Crippen LogP contribution in [0.5, 0.6) is 0 Å². The maximum absolute atomic E-state index is 12.9. The number of rotatable bonds is 7. The number of aromatic nitrogens is 3. The van der Waals surface area contributed by atoms with E-state index in [9.17, 15) is 4.79 Å². The van der Waals surface area contributed by atoms with Crippen LogP contribution < -0.4 is 10.2 Å². The molecule has 1 aliphatic heterocycles. The Morgan fingerprint density at radius 1 is 1.16 bits per heavy atom. The molecule has 0 bridgehead atoms. The van der Waals surface area contributed by atoms with Crippen LogP contribution >= 0.6 is 0 Å². The van der Waals surface area contributed by atoms with Gasteiger partial charge < -0.3 is 10.2 Å². The molecule has 1 aromatic carbocycles. The number of quaternary nitrogens is 1. The largest absolute Gasteiger partial charge is 0.352 e. The number of likely N-dealkylation sites (tertiary alicyclic amines) is 1. The lowest BCUT2D eigenvalue weighted by molar-refractivity contribution is -0.912. The van der Waals surface area contributed by atoms with Crippen molar-refractivity contribution >= 4 is 11.6 Å². The fourth-order valence-corrected chi connectivity index (χ4v) is 5.29. The molecule has 1 saturated heterocycles. The molecule has 1 fully saturated rings. The molecule has 4 rings (SSSR count). The second kappa shape index (κ2) is 9.82. The number of nitrogens with zero attached hydrogens (tertiary/aromatic N) is 3. The highest BCUT2D eigenvalue weighted by atomic mass is 16.1. The summed E-state index contributed by atoms with van der Waals surface area (Å²) in [4.78, 5) is 19.3. The van der Waals surface area contributed by atoms with Gasteiger partial charge in [0.1, 0.15) is 5.56 Å². The van der Waals surface area contributed by atoms with Crippen LogP contribution in [0.15, 0.2) is 36.5 Å². The first kappa shape index (κ1) is 22.5. The lowest BCUT2D eigenvalue weighted by atomic mass is 9.92. The van der Waals surface area contributed by atoms with Gasteiger partial charge in [0, 0.05) is 42.6 Å². The Morgan fingerprint density at radius 3 is 2.59 bits per heavy atom. The molecular weight excluding hydrogens is 398 g/mol. The molecular formula is C26H36N5O+. The van der Waals surface area contributed by atoms with Gasteiger partial charge in [-0.25, -0.2) is 9.50 Å². The molecule has 0 spiro atoms. The molecule has 3 aromatic rings. The lowest BCUT2D eigenvalue weighted by Crippen LogP contribution is -3.14. The predicted octanol–water partition coefficient (Wildman–Crippen LogP) is 2.62. The summed E-state index contributed by atoms with van der Waals surface area (Å²) in [6, 6.07) is 10.4. The molecule has 2 unspecified atom stereocenters. The van der Waals surface area contributed by atoms with Gasteiger partial charge >= 0.3 is 0 Å². The van der Waals surface area contributed by atoms with Gasteiger partial charge in [0.05, 0.1) is 25.8 Å². The molecule has 2 aromatic heterocycles. The minimum absolute atomic E-state index is 0.0857. The van der Waals surface area contributed by atoms with Crippen LogP contribution in [0.4, 0.5) is 0 Å². The number of nitrogens with one attached hydrogen (secondary N) is 2. The van der Waals surface area contributed by atoms with Crippen molar-refractivity contribution in [3.8, 4) is 0 Å². The number of hydrogen-bond donors (Lipinski definition) is 2. The molecule has 0 aliphatic carbocycles. The van der Waals surface area contributed by atoms with Crippen LogP contribution in [-0.2, 0) is 6.42 Å². The summed E-state index contributed by atoms with van der Waals surface area (Å²) >= 11 is 0. The highest BCUT2D eigenvalue weighted by Crippen LogP contribution is 2.20. The fraction of sp³-hybridized carbons (Fsp3) is 0.500. The van der Waals surface area contributed by atoms with Gasteiger partial charge in [-0.05, 0) is 31.4 Å². The summed E-state index contributed by atoms with van der Waals surface area (Å²) in [5.41, 5.74) is 5.57. The van der Waals surface area contributed by atoms with E-state index in [-0.39, 0.29) is 5.91 Å². The van der Waals surface area contributed by atoms with Gasteiger partial charge in [0.25, 0.3) is 5.91 Å². The highest BCUT2D eigenvalue weighted by Gasteiger charge is 2.24. The number of hydrogen-bond acceptors (Lipinski definition) is 3. The summed E-state index contributed by atoms with van der Waals surface area (Å²) in [6.45, 7) is 13.1. The molecule has 0 saturated carbocycles. The van der Waals surface area contributed by atoms with Gasteiger partial charge in [-0.3, -0.25) is 4.79 Å². The molecule has 2 N–H and O–H groups in total. The SMILES string of the molecule is Cc1nc2c(C(=O)NCCC[NH+]3CC(C)CC(C)C3)cnn2c(C)c1Cc1ccccc1. The minimum atomic E-state index is -0.0857. The number of amides is 1. The van der Waals surface area contributed by atoms with E-state index in [1.807, 2.05) is 13.0 Å². The molecule has 6 heteroatoms. The highest BCUT2D eigenvalue weighted by molar-refractivity contribution is 5.99. The molecule has 32 heavy (non-hydrogen) atoms. The first-order valence-corrected chi connectivity index (χ1v) is 11.9. The van der Waals surface area contributed by atoms with E-state index in [4.69, 9.17) is 4.98 Å². The second-order valence-electron chi connectivity index (χ2n) is 9.68. The summed E-state index contributed by atoms with van der Waals surface area (Å²) in [5, 5.41) is 7.58. The topological polar surface area (TPSA) is 63.7 Å². The van der Waals surface area contributed by atoms with E-state index in [0.717, 1.165) is 48.2 Å². The van der Waals surface area contributed by atoms with Crippen LogP contribution in [0.1, 0.15) is 59.6 Å². The zero-order valence-electron chi connectivity index (χ0n) is 19.8. The van der Waals surface area contributed by atoms with Crippen LogP contribution in [0.3, 0.4) is 0 Å². The average molecular weight is 435 g/mol. The monoisotopic (exact) mass is 434 g/mol. The van der Waals surface area contributed by atoms with E-state index in [2.05, 4.69) is 55.5 Å². The number of carbonyl (C=O) groups is 1. The van der Waals surface area contributed by atoms with Crippen LogP contribution in [0.25, 0.3) is 5.65 Å². The standard InChI is InChI=1S/C26H35N5O/c1-18-13-19(2)17-30(16-18)12-8-11-27-26(32)24-15-28-31-21(4)23(20(3)29-25(24)31)14-22-9-6-5-7-10-22/h5-7,9-10,15,18-19H,8,11-14,16-17H2,1-4H3,(H,27,32)/p+1. The summed E-state index contributed by atoms with van der Waals surface area (Å²) < 4.78 is 1.81. The first-order chi connectivity index (χ1) is 15.4. The molecule has 1 aliphatic rings. The van der Waals surface area contributed by atoms with Gasteiger partial charge in [-0.1, -0.05) is 44.2 Å². The van der Waals surface area contributed by atoms with Crippen molar-refractivity contribution in [3.63, 3.8) is 0 Å². The van der Waals surface area contributed by atoms with Crippen molar-refractivity contribution in [3.05, 3.63) is 64.6 Å². The third-order valence-electron chi connectivity index (χ3n) is 6.75. The van der Waals surface area contributed by atoms with E-state index in [1.165, 1.54) is 25.1 Å². The Balaban J connectivity index is 1.40. The smallest absolute Gasteiger partial charge is 0.256 e. The fourth-order valence-electron chi connectivity index (χ4n) is 5.29. The molecule has 6 nitrogen and oxygen atoms in total. The maximum Gasteiger partial charge on any atom is 0.256 e. The van der Waals surface area contributed by atoms with E-state index >= 15 is 0 Å². The zero-order valence-corrected chi connectivity index (χ0v) is 19.8. The van der Waals surface area contributed by atoms with Crippen LogP contribution in [0.2, 0.25) is 0 Å². The van der Waals surface area contributed by atoms with Crippen molar-refractivity contribution in [2.45, 2.75) is 47.0 Å². The average Bonchev–Trinajstić information content (AvgIpc) is 3.18. The number of fused-ring (bicyclic) bond motifs is 1. The van der Waals surface area contributed by atoms with Crippen molar-refractivity contribution in [1.29, 1.82) is 0 Å². The minimum Gasteiger partial charge on any atom is -0.352 e. The van der Waals surface area contributed by atoms with Crippen molar-refractivity contribution in [2.24, 2.45) is 11.8 Å². The van der Waals surface area contributed by atoms with E-state index in [0.29, 0.717) is 17.8 Å². The van der Waals surface area contributed by atoms with E-state index in [1.54, 1.807) is 15.6 Å². The molecule has 2 atom stereocenters. The van der Waals surface area contributed by atoms with E-state index < -0.39 is 0 Å². The van der Waals surface area contributed by atoms with Crippen LogP contribution in [-0.4, -0.2) is 46.7 Å². The lowest BCUT2D eigenvalue weighted by Gasteiger charge is -2.32. The summed E-state index contributed by atoms with van der Waals surface area (Å²) in [7, 11) is 0. The molecule has 1 amide bonds. The van der Waals surface area contributed by atoms with Gasteiger partial charge in [0.15, 0.2) is 5.65 Å². The Kier molecular flexibility index (Phi) is 6.89. The quantitative estimate of drug-likeness (QED) is 0.562. The number of benzene rings is 1. The maximum atomic E-state index is 12.9. The van der Waals surface area contributed by atoms with Gasteiger partial charge in [-0.15, -0.1) is 0 Å².